The van der Waals surface area contributed by atoms with Gasteiger partial charge in [0.25, 0.3) is 0 Å². The molecule has 2 aromatic rings. The Bertz CT molecular complexity index is 1120. The number of rotatable bonds is 4. The van der Waals surface area contributed by atoms with E-state index in [1.807, 2.05) is 36.4 Å². The molecule has 0 radical (unpaired) electrons. The van der Waals surface area contributed by atoms with Gasteiger partial charge in [0.15, 0.2) is 0 Å². The van der Waals surface area contributed by atoms with Crippen molar-refractivity contribution in [2.24, 2.45) is 57.5 Å². The molecule has 1 aliphatic heterocycles. The van der Waals surface area contributed by atoms with Gasteiger partial charge in [0.1, 0.15) is 0 Å². The molecule has 4 aliphatic carbocycles. The van der Waals surface area contributed by atoms with E-state index in [1.54, 1.807) is 0 Å². The molecule has 34 heavy (non-hydrogen) atoms. The first-order valence-corrected chi connectivity index (χ1v) is 11.8. The summed E-state index contributed by atoms with van der Waals surface area (Å²) in [4.78, 5) is 25.9. The molecule has 0 spiro atoms. The molecule has 1 heterocycles. The number of fused-ring (bicyclic) bond motifs is 2. The predicted molar refractivity (Wildman–Crippen MR) is 127 cm³/mol. The zero-order valence-electron chi connectivity index (χ0n) is 19.1. The van der Waals surface area contributed by atoms with E-state index in [0.717, 1.165) is 22.6 Å². The molecule has 2 bridgehead atoms. The number of hydrogen-bond acceptors (Lipinski definition) is 6. The fourth-order valence-corrected chi connectivity index (χ4v) is 7.06. The van der Waals surface area contributed by atoms with Crippen molar-refractivity contribution in [3.05, 3.63) is 83.9 Å². The first kappa shape index (κ1) is 21.0. The lowest BCUT2D eigenvalue weighted by Gasteiger charge is -2.65. The third-order valence-electron chi connectivity index (χ3n) is 8.30. The fourth-order valence-electron chi connectivity index (χ4n) is 7.06. The van der Waals surface area contributed by atoms with Gasteiger partial charge in [-0.15, -0.1) is 0 Å². The maximum atomic E-state index is 12.9. The highest BCUT2D eigenvalue weighted by molar-refractivity contribution is 6.13. The van der Waals surface area contributed by atoms with Crippen molar-refractivity contribution in [1.82, 2.24) is 0 Å². The number of esters is 2. The highest BCUT2D eigenvalue weighted by Crippen LogP contribution is 2.66. The van der Waals surface area contributed by atoms with Crippen LogP contribution in [0.3, 0.4) is 0 Å². The molecule has 6 heteroatoms. The van der Waals surface area contributed by atoms with Crippen LogP contribution in [-0.4, -0.2) is 37.6 Å². The van der Waals surface area contributed by atoms with Crippen LogP contribution in [0.25, 0.3) is 0 Å². The molecule has 2 aromatic carbocycles. The van der Waals surface area contributed by atoms with Gasteiger partial charge in [-0.1, -0.05) is 72.8 Å². The molecule has 0 aromatic heterocycles. The zero-order valence-corrected chi connectivity index (χ0v) is 19.1. The molecule has 172 valence electrons. The molecule has 2 saturated carbocycles. The largest absolute Gasteiger partial charge is 0.469 e. The highest BCUT2D eigenvalue weighted by Gasteiger charge is 2.69. The summed E-state index contributed by atoms with van der Waals surface area (Å²) < 4.78 is 10.4. The molecule has 7 rings (SSSR count). The van der Waals surface area contributed by atoms with Crippen molar-refractivity contribution in [2.75, 3.05) is 14.2 Å². The number of carbonyl (C=O) groups excluding carboxylic acids is 2. The molecule has 0 saturated heterocycles. The summed E-state index contributed by atoms with van der Waals surface area (Å²) in [5, 5.41) is 9.50. The van der Waals surface area contributed by atoms with Crippen LogP contribution in [0.1, 0.15) is 11.1 Å². The fraction of sp³-hybridized carbons (Fsp3) is 0.357. The minimum atomic E-state index is -0.550. The summed E-state index contributed by atoms with van der Waals surface area (Å²) in [7, 11) is 2.78. The lowest BCUT2D eigenvalue weighted by molar-refractivity contribution is -0.180. The van der Waals surface area contributed by atoms with E-state index in [-0.39, 0.29) is 47.4 Å². The zero-order chi connectivity index (χ0) is 23.4. The van der Waals surface area contributed by atoms with E-state index in [9.17, 15) is 9.59 Å². The molecule has 6 nitrogen and oxygen atoms in total. The SMILES string of the molecule is COC(=O)C1C(C(=O)OC)[C@H]2C=C[C@H]1C1C3C(c4ccccc4)=NN=C(c4ccccc4)C3C12. The van der Waals surface area contributed by atoms with Gasteiger partial charge in [-0.25, -0.2) is 0 Å². The summed E-state index contributed by atoms with van der Waals surface area (Å²) in [5.41, 5.74) is 4.03. The average molecular weight is 455 g/mol. The number of nitrogens with zero attached hydrogens (tertiary/aromatic N) is 2. The monoisotopic (exact) mass is 454 g/mol. The lowest BCUT2D eigenvalue weighted by atomic mass is 9.37. The Balaban J connectivity index is 1.49. The summed E-state index contributed by atoms with van der Waals surface area (Å²) in [5.74, 6) is -1.43. The van der Waals surface area contributed by atoms with Crippen LogP contribution in [0.2, 0.25) is 0 Å². The standard InChI is InChI=1S/C28H26N2O4/c1-33-27(31)21-17-13-14-18(22(21)28(32)34-2)20-19(17)23-24(20)26(16-11-7-4-8-12-16)30-29-25(23)15-9-5-3-6-10-15/h3-14,17-24H,1-2H3/t17-,18-,19?,20?,21?,22?,23?,24?/m0/s1. The van der Waals surface area contributed by atoms with Gasteiger partial charge in [0.2, 0.25) is 0 Å². The molecule has 6 unspecified atom stereocenters. The number of methoxy groups -OCH3 is 2. The Morgan fingerprint density at radius 2 is 1.03 bits per heavy atom. The minimum Gasteiger partial charge on any atom is -0.469 e. The quantitative estimate of drug-likeness (QED) is 0.521. The third kappa shape index (κ3) is 2.87. The summed E-state index contributed by atoms with van der Waals surface area (Å²) in [6.07, 6.45) is 4.25. The number of carbonyl (C=O) groups is 2. The van der Waals surface area contributed by atoms with Crippen molar-refractivity contribution < 1.29 is 19.1 Å². The molecule has 5 aliphatic rings. The van der Waals surface area contributed by atoms with Gasteiger partial charge in [-0.2, -0.15) is 10.2 Å². The van der Waals surface area contributed by atoms with Crippen molar-refractivity contribution in [1.29, 1.82) is 0 Å². The maximum absolute atomic E-state index is 12.9. The Morgan fingerprint density at radius 1 is 0.647 bits per heavy atom. The second kappa shape index (κ2) is 8.05. The van der Waals surface area contributed by atoms with E-state index < -0.39 is 11.8 Å². The topological polar surface area (TPSA) is 77.3 Å². The molecule has 8 atom stereocenters. The van der Waals surface area contributed by atoms with E-state index >= 15 is 0 Å². The van der Waals surface area contributed by atoms with Gasteiger partial charge < -0.3 is 9.47 Å². The van der Waals surface area contributed by atoms with Crippen molar-refractivity contribution in [2.45, 2.75) is 0 Å². The average Bonchev–Trinajstić information content (AvgIpc) is 2.89. The number of ether oxygens (including phenoxy) is 2. The third-order valence-corrected chi connectivity index (χ3v) is 8.30. The Morgan fingerprint density at radius 3 is 1.38 bits per heavy atom. The Labute approximate surface area is 198 Å². The van der Waals surface area contributed by atoms with Gasteiger partial charge >= 0.3 is 11.9 Å². The van der Waals surface area contributed by atoms with Crippen LogP contribution in [-0.2, 0) is 19.1 Å². The Hall–Kier alpha value is -3.54. The molecular formula is C28H26N2O4. The van der Waals surface area contributed by atoms with E-state index in [4.69, 9.17) is 19.7 Å². The van der Waals surface area contributed by atoms with Gasteiger partial charge in [0, 0.05) is 11.8 Å². The highest BCUT2D eigenvalue weighted by atomic mass is 16.5. The van der Waals surface area contributed by atoms with Crippen molar-refractivity contribution in [3.63, 3.8) is 0 Å². The predicted octanol–water partition coefficient (Wildman–Crippen LogP) is 3.77. The summed E-state index contributed by atoms with van der Waals surface area (Å²) in [6.45, 7) is 0. The molecule has 2 fully saturated rings. The number of hydrogen-bond donors (Lipinski definition) is 0. The van der Waals surface area contributed by atoms with Crippen molar-refractivity contribution >= 4 is 23.4 Å². The van der Waals surface area contributed by atoms with Gasteiger partial charge in [-0.3, -0.25) is 9.59 Å². The Kier molecular flexibility index (Phi) is 4.97. The van der Waals surface area contributed by atoms with Crippen molar-refractivity contribution in [3.8, 4) is 0 Å². The normalized spacial score (nSPS) is 34.6. The van der Waals surface area contributed by atoms with E-state index in [1.165, 1.54) is 14.2 Å². The molecular weight excluding hydrogens is 428 g/mol. The van der Waals surface area contributed by atoms with Crippen LogP contribution >= 0.6 is 0 Å². The van der Waals surface area contributed by atoms with Crippen LogP contribution in [0, 0.1) is 47.3 Å². The van der Waals surface area contributed by atoms with Gasteiger partial charge in [0.05, 0.1) is 37.5 Å². The first-order valence-electron chi connectivity index (χ1n) is 11.8. The van der Waals surface area contributed by atoms with Crippen LogP contribution < -0.4 is 0 Å². The number of allylic oxidation sites excluding steroid dienone is 2. The lowest BCUT2D eigenvalue weighted by Crippen LogP contribution is -2.68. The number of benzene rings is 2. The van der Waals surface area contributed by atoms with Crippen LogP contribution in [0.4, 0.5) is 0 Å². The second-order valence-corrected chi connectivity index (χ2v) is 9.55. The smallest absolute Gasteiger partial charge is 0.310 e. The van der Waals surface area contributed by atoms with Crippen LogP contribution in [0.5, 0.6) is 0 Å². The molecule has 0 amide bonds. The van der Waals surface area contributed by atoms with E-state index in [0.29, 0.717) is 0 Å². The molecule has 0 N–H and O–H groups in total. The second-order valence-electron chi connectivity index (χ2n) is 9.55. The van der Waals surface area contributed by atoms with E-state index in [2.05, 4.69) is 36.4 Å². The summed E-state index contributed by atoms with van der Waals surface area (Å²) >= 11 is 0. The summed E-state index contributed by atoms with van der Waals surface area (Å²) in [6, 6.07) is 20.3. The van der Waals surface area contributed by atoms with Gasteiger partial charge in [-0.05, 0) is 34.8 Å². The van der Waals surface area contributed by atoms with Crippen LogP contribution in [0.15, 0.2) is 83.0 Å². The maximum Gasteiger partial charge on any atom is 0.310 e. The minimum absolute atomic E-state index is 0.114. The first-order chi connectivity index (χ1) is 16.7.